The molecular formula is C12H24N2O2S. The van der Waals surface area contributed by atoms with Crippen LogP contribution in [-0.2, 0) is 4.79 Å². The first-order valence-electron chi connectivity index (χ1n) is 6.12. The summed E-state index contributed by atoms with van der Waals surface area (Å²) in [5.74, 6) is 0.800. The number of piperidine rings is 1. The summed E-state index contributed by atoms with van der Waals surface area (Å²) in [6.45, 7) is 4.01. The van der Waals surface area contributed by atoms with Gasteiger partial charge in [-0.2, -0.15) is 11.8 Å². The summed E-state index contributed by atoms with van der Waals surface area (Å²) < 4.78 is 0. The van der Waals surface area contributed by atoms with Gasteiger partial charge in [-0.3, -0.25) is 4.79 Å². The number of carbonyl (C=O) groups is 1. The van der Waals surface area contributed by atoms with Gasteiger partial charge in [-0.15, -0.1) is 0 Å². The molecule has 0 aliphatic carbocycles. The van der Waals surface area contributed by atoms with Gasteiger partial charge in [0, 0.05) is 18.8 Å². The molecule has 1 rings (SSSR count). The summed E-state index contributed by atoms with van der Waals surface area (Å²) in [5.41, 5.74) is -0.810. The van der Waals surface area contributed by atoms with Crippen molar-refractivity contribution in [3.63, 3.8) is 0 Å². The van der Waals surface area contributed by atoms with Crippen LogP contribution < -0.4 is 5.32 Å². The van der Waals surface area contributed by atoms with Gasteiger partial charge >= 0.3 is 0 Å². The van der Waals surface area contributed by atoms with Crippen LogP contribution in [0.25, 0.3) is 0 Å². The van der Waals surface area contributed by atoms with Crippen molar-refractivity contribution in [2.75, 3.05) is 38.7 Å². The molecule has 0 radical (unpaired) electrons. The molecule has 1 aliphatic heterocycles. The average Bonchev–Trinajstić information content (AvgIpc) is 2.26. The predicted molar refractivity (Wildman–Crippen MR) is 72.2 cm³/mol. The van der Waals surface area contributed by atoms with E-state index in [1.807, 2.05) is 13.3 Å². The third kappa shape index (κ3) is 5.27. The molecule has 1 heterocycles. The van der Waals surface area contributed by atoms with E-state index in [9.17, 15) is 9.90 Å². The Kier molecular flexibility index (Phi) is 5.76. The van der Waals surface area contributed by atoms with E-state index >= 15 is 0 Å². The highest BCUT2D eigenvalue weighted by molar-refractivity contribution is 7.98. The molecule has 0 aromatic rings. The molecule has 2 unspecified atom stereocenters. The quantitative estimate of drug-likeness (QED) is 0.758. The van der Waals surface area contributed by atoms with Crippen molar-refractivity contribution in [1.82, 2.24) is 10.2 Å². The van der Waals surface area contributed by atoms with Gasteiger partial charge in [0.15, 0.2) is 0 Å². The molecule has 0 aromatic heterocycles. The maximum atomic E-state index is 11.9. The Morgan fingerprint density at radius 1 is 1.65 bits per heavy atom. The Hall–Kier alpha value is -0.260. The molecule has 1 fully saturated rings. The summed E-state index contributed by atoms with van der Waals surface area (Å²) in [5, 5.41) is 12.8. The lowest BCUT2D eigenvalue weighted by molar-refractivity contribution is -0.127. The molecule has 1 amide bonds. The number of carbonyl (C=O) groups excluding carboxylic acids is 1. The second-order valence-corrected chi connectivity index (χ2v) is 6.12. The molecule has 2 N–H and O–H groups in total. The van der Waals surface area contributed by atoms with Crippen LogP contribution in [0, 0.1) is 5.92 Å². The molecule has 1 saturated heterocycles. The van der Waals surface area contributed by atoms with Crippen LogP contribution in [0.2, 0.25) is 0 Å². The predicted octanol–water partition coefficient (Wildman–Crippen LogP) is 0.558. The van der Waals surface area contributed by atoms with E-state index in [4.69, 9.17) is 0 Å². The summed E-state index contributed by atoms with van der Waals surface area (Å²) in [6.07, 6.45) is 3.99. The number of hydrogen-bond donors (Lipinski definition) is 2. The topological polar surface area (TPSA) is 52.6 Å². The molecule has 4 nitrogen and oxygen atoms in total. The first-order valence-corrected chi connectivity index (χ1v) is 7.51. The van der Waals surface area contributed by atoms with Crippen LogP contribution in [0.1, 0.15) is 19.8 Å². The normalized spacial score (nSPS) is 25.3. The maximum absolute atomic E-state index is 11.9. The van der Waals surface area contributed by atoms with E-state index < -0.39 is 5.60 Å². The number of nitrogens with zero attached hydrogens (tertiary/aromatic N) is 1. The molecule has 5 heteroatoms. The molecule has 2 atom stereocenters. The largest absolute Gasteiger partial charge is 0.387 e. The Morgan fingerprint density at radius 2 is 2.35 bits per heavy atom. The van der Waals surface area contributed by atoms with Gasteiger partial charge in [-0.25, -0.2) is 0 Å². The fourth-order valence-electron chi connectivity index (χ4n) is 2.16. The molecule has 0 saturated carbocycles. The first-order chi connectivity index (χ1) is 7.94. The van der Waals surface area contributed by atoms with Crippen LogP contribution in [0.5, 0.6) is 0 Å². The zero-order valence-corrected chi connectivity index (χ0v) is 11.8. The van der Waals surface area contributed by atoms with E-state index in [1.165, 1.54) is 0 Å². The van der Waals surface area contributed by atoms with Crippen LogP contribution in [0.15, 0.2) is 0 Å². The number of amides is 1. The van der Waals surface area contributed by atoms with Crippen molar-refractivity contribution >= 4 is 17.7 Å². The Bertz CT molecular complexity index is 259. The fourth-order valence-corrected chi connectivity index (χ4v) is 2.89. The second kappa shape index (κ2) is 6.61. The highest BCUT2D eigenvalue weighted by atomic mass is 32.2. The number of rotatable bonds is 5. The highest BCUT2D eigenvalue weighted by Gasteiger charge is 2.26. The lowest BCUT2D eigenvalue weighted by atomic mass is 9.97. The van der Waals surface area contributed by atoms with E-state index in [1.54, 1.807) is 18.7 Å². The Balaban J connectivity index is 2.33. The van der Waals surface area contributed by atoms with Crippen LogP contribution in [0.4, 0.5) is 0 Å². The highest BCUT2D eigenvalue weighted by Crippen LogP contribution is 2.15. The van der Waals surface area contributed by atoms with E-state index in [0.29, 0.717) is 12.3 Å². The van der Waals surface area contributed by atoms with Crippen molar-refractivity contribution in [2.45, 2.75) is 25.4 Å². The van der Waals surface area contributed by atoms with Crippen molar-refractivity contribution in [3.05, 3.63) is 0 Å². The van der Waals surface area contributed by atoms with Crippen molar-refractivity contribution < 1.29 is 9.90 Å². The van der Waals surface area contributed by atoms with Gasteiger partial charge in [0.25, 0.3) is 0 Å². The molecule has 1 aliphatic rings. The summed E-state index contributed by atoms with van der Waals surface area (Å²) in [4.78, 5) is 14.1. The molecule has 0 bridgehead atoms. The van der Waals surface area contributed by atoms with Gasteiger partial charge in [0.1, 0.15) is 0 Å². The van der Waals surface area contributed by atoms with Crippen LogP contribution in [0.3, 0.4) is 0 Å². The Labute approximate surface area is 108 Å². The molecular weight excluding hydrogens is 236 g/mol. The molecule has 0 aromatic carbocycles. The van der Waals surface area contributed by atoms with Gasteiger partial charge < -0.3 is 15.3 Å². The van der Waals surface area contributed by atoms with E-state index in [2.05, 4.69) is 10.2 Å². The van der Waals surface area contributed by atoms with Crippen molar-refractivity contribution in [2.24, 2.45) is 5.92 Å². The second-order valence-electron chi connectivity index (χ2n) is 5.25. The minimum Gasteiger partial charge on any atom is -0.387 e. The van der Waals surface area contributed by atoms with E-state index in [0.717, 1.165) is 25.9 Å². The summed E-state index contributed by atoms with van der Waals surface area (Å²) >= 11 is 1.59. The monoisotopic (exact) mass is 260 g/mol. The minimum absolute atomic E-state index is 0.0814. The number of nitrogens with one attached hydrogen (secondary N) is 1. The van der Waals surface area contributed by atoms with Gasteiger partial charge in [-0.05, 0) is 39.6 Å². The molecule has 0 spiro atoms. The SMILES string of the molecule is CSCC(C)(O)CNC(=O)C1CCCN(C)C1. The number of aliphatic hydroxyl groups is 1. The number of thioether (sulfide) groups is 1. The van der Waals surface area contributed by atoms with Crippen LogP contribution >= 0.6 is 11.8 Å². The molecule has 100 valence electrons. The average molecular weight is 260 g/mol. The lowest BCUT2D eigenvalue weighted by Crippen LogP contribution is -2.47. The summed E-state index contributed by atoms with van der Waals surface area (Å²) in [7, 11) is 2.04. The zero-order chi connectivity index (χ0) is 12.9. The standard InChI is InChI=1S/C12H24N2O2S/c1-12(16,9-17-3)8-13-11(15)10-5-4-6-14(2)7-10/h10,16H,4-9H2,1-3H3,(H,13,15). The maximum Gasteiger partial charge on any atom is 0.224 e. The number of likely N-dealkylation sites (tertiary alicyclic amines) is 1. The third-order valence-electron chi connectivity index (χ3n) is 3.09. The van der Waals surface area contributed by atoms with Crippen LogP contribution in [-0.4, -0.2) is 60.2 Å². The van der Waals surface area contributed by atoms with E-state index in [-0.39, 0.29) is 11.8 Å². The Morgan fingerprint density at radius 3 is 2.94 bits per heavy atom. The lowest BCUT2D eigenvalue weighted by Gasteiger charge is -2.30. The zero-order valence-electron chi connectivity index (χ0n) is 11.0. The third-order valence-corrected chi connectivity index (χ3v) is 4.00. The summed E-state index contributed by atoms with van der Waals surface area (Å²) in [6, 6.07) is 0. The van der Waals surface area contributed by atoms with Crippen molar-refractivity contribution in [1.29, 1.82) is 0 Å². The number of hydrogen-bond acceptors (Lipinski definition) is 4. The first kappa shape index (κ1) is 14.8. The fraction of sp³-hybridized carbons (Fsp3) is 0.917. The minimum atomic E-state index is -0.810. The smallest absolute Gasteiger partial charge is 0.224 e. The van der Waals surface area contributed by atoms with Gasteiger partial charge in [0.05, 0.1) is 11.5 Å². The van der Waals surface area contributed by atoms with Gasteiger partial charge in [-0.1, -0.05) is 0 Å². The van der Waals surface area contributed by atoms with Gasteiger partial charge in [0.2, 0.25) is 5.91 Å². The van der Waals surface area contributed by atoms with Crippen molar-refractivity contribution in [3.8, 4) is 0 Å². The molecule has 17 heavy (non-hydrogen) atoms.